The van der Waals surface area contributed by atoms with Crippen LogP contribution in [0.1, 0.15) is 11.6 Å². The van der Waals surface area contributed by atoms with E-state index in [2.05, 4.69) is 10.3 Å². The first-order valence-electron chi connectivity index (χ1n) is 6.95. The van der Waals surface area contributed by atoms with Crippen molar-refractivity contribution in [2.75, 3.05) is 26.0 Å². The topological polar surface area (TPSA) is 71.3 Å². The van der Waals surface area contributed by atoms with Gasteiger partial charge in [-0.2, -0.15) is 0 Å². The van der Waals surface area contributed by atoms with E-state index >= 15 is 0 Å². The number of benzene rings is 1. The third-order valence-electron chi connectivity index (χ3n) is 3.46. The maximum absolute atomic E-state index is 14.0. The molecule has 1 aromatic carbocycles. The maximum atomic E-state index is 14.0. The van der Waals surface area contributed by atoms with Crippen molar-refractivity contribution >= 4 is 23.1 Å². The van der Waals surface area contributed by atoms with Crippen molar-refractivity contribution in [3.63, 3.8) is 0 Å². The van der Waals surface area contributed by atoms with Crippen LogP contribution in [0.4, 0.5) is 20.3 Å². The van der Waals surface area contributed by atoms with Gasteiger partial charge in [0.25, 0.3) is 5.69 Å². The van der Waals surface area contributed by atoms with Crippen molar-refractivity contribution in [3.8, 4) is 0 Å². The molecule has 0 spiro atoms. The molecule has 0 bridgehead atoms. The first-order chi connectivity index (χ1) is 11.3. The number of nitrogens with zero attached hydrogens (tertiary/aromatic N) is 3. The molecule has 9 heteroatoms. The standard InChI is InChI=1S/C15H15ClF2N4O2/c1-21(2)13(14-11(17)4-3-5-12(14)18)8-20-15-10(16)6-9(7-19-15)22(23)24/h3-7,13H,8H2,1-2H3,(H,19,20). The summed E-state index contributed by atoms with van der Waals surface area (Å²) in [5.41, 5.74) is -0.317. The maximum Gasteiger partial charge on any atom is 0.289 e. The zero-order valence-electron chi connectivity index (χ0n) is 13.0. The Kier molecular flexibility index (Phi) is 5.63. The largest absolute Gasteiger partial charge is 0.367 e. The second-order valence-corrected chi connectivity index (χ2v) is 5.68. The van der Waals surface area contributed by atoms with E-state index in [0.29, 0.717) is 0 Å². The number of hydrogen-bond acceptors (Lipinski definition) is 5. The molecule has 1 unspecified atom stereocenters. The second-order valence-electron chi connectivity index (χ2n) is 5.28. The average Bonchev–Trinajstić information content (AvgIpc) is 2.50. The molecule has 2 aromatic rings. The number of aromatic nitrogens is 1. The van der Waals surface area contributed by atoms with Crippen molar-refractivity contribution < 1.29 is 13.7 Å². The minimum atomic E-state index is -0.654. The normalized spacial score (nSPS) is 12.2. The third kappa shape index (κ3) is 3.95. The van der Waals surface area contributed by atoms with E-state index < -0.39 is 22.6 Å². The summed E-state index contributed by atoms with van der Waals surface area (Å²) in [6.45, 7) is 0.107. The molecule has 1 aromatic heterocycles. The zero-order chi connectivity index (χ0) is 17.9. The summed E-state index contributed by atoms with van der Waals surface area (Å²) in [4.78, 5) is 15.6. The summed E-state index contributed by atoms with van der Waals surface area (Å²) in [6, 6.07) is 4.20. The van der Waals surface area contributed by atoms with Crippen LogP contribution in [0.15, 0.2) is 30.5 Å². The van der Waals surface area contributed by atoms with Crippen LogP contribution in [-0.2, 0) is 0 Å². The highest BCUT2D eigenvalue weighted by Gasteiger charge is 2.22. The Hall–Kier alpha value is -2.32. The number of nitrogens with one attached hydrogen (secondary N) is 1. The van der Waals surface area contributed by atoms with Gasteiger partial charge in [0.05, 0.1) is 16.0 Å². The molecule has 1 heterocycles. The van der Waals surface area contributed by atoms with Crippen molar-refractivity contribution in [2.45, 2.75) is 6.04 Å². The van der Waals surface area contributed by atoms with Crippen LogP contribution < -0.4 is 5.32 Å². The van der Waals surface area contributed by atoms with Crippen LogP contribution in [-0.4, -0.2) is 35.4 Å². The molecule has 0 saturated heterocycles. The summed E-state index contributed by atoms with van der Waals surface area (Å²) in [5, 5.41) is 13.6. The lowest BCUT2D eigenvalue weighted by atomic mass is 10.0. The monoisotopic (exact) mass is 356 g/mol. The summed E-state index contributed by atoms with van der Waals surface area (Å²) in [6.07, 6.45) is 1.06. The van der Waals surface area contributed by atoms with Gasteiger partial charge < -0.3 is 10.2 Å². The van der Waals surface area contributed by atoms with Crippen molar-refractivity contribution in [3.05, 3.63) is 62.8 Å². The van der Waals surface area contributed by atoms with Crippen molar-refractivity contribution in [2.24, 2.45) is 0 Å². The SMILES string of the molecule is CN(C)C(CNc1ncc([N+](=O)[O-])cc1Cl)c1c(F)cccc1F. The average molecular weight is 357 g/mol. The molecule has 2 rings (SSSR count). The summed E-state index contributed by atoms with van der Waals surface area (Å²) < 4.78 is 28.0. The Bertz CT molecular complexity index is 738. The molecular weight excluding hydrogens is 342 g/mol. The van der Waals surface area contributed by atoms with Crippen molar-refractivity contribution in [1.29, 1.82) is 0 Å². The number of halogens is 3. The Labute approximate surface area is 142 Å². The fourth-order valence-electron chi connectivity index (χ4n) is 2.22. The van der Waals surface area contributed by atoms with Crippen LogP contribution in [0, 0.1) is 21.7 Å². The lowest BCUT2D eigenvalue weighted by Crippen LogP contribution is -2.29. The highest BCUT2D eigenvalue weighted by Crippen LogP contribution is 2.27. The Balaban J connectivity index is 2.23. The van der Waals surface area contributed by atoms with Gasteiger partial charge in [0, 0.05) is 18.2 Å². The van der Waals surface area contributed by atoms with Gasteiger partial charge >= 0.3 is 0 Å². The van der Waals surface area contributed by atoms with E-state index in [9.17, 15) is 18.9 Å². The van der Waals surface area contributed by atoms with Gasteiger partial charge in [-0.1, -0.05) is 17.7 Å². The first-order valence-corrected chi connectivity index (χ1v) is 7.33. The molecule has 0 aliphatic carbocycles. The van der Waals surface area contributed by atoms with Gasteiger partial charge in [0.15, 0.2) is 0 Å². The van der Waals surface area contributed by atoms with Crippen LogP contribution >= 0.6 is 11.6 Å². The molecule has 0 saturated carbocycles. The predicted octanol–water partition coefficient (Wildman–Crippen LogP) is 3.64. The number of nitro groups is 1. The quantitative estimate of drug-likeness (QED) is 0.632. The molecular formula is C15H15ClF2N4O2. The minimum absolute atomic E-state index is 0.0516. The van der Waals surface area contributed by atoms with Gasteiger partial charge in [-0.25, -0.2) is 13.8 Å². The molecule has 0 amide bonds. The number of likely N-dealkylation sites (N-methyl/N-ethyl adjacent to an activating group) is 1. The third-order valence-corrected chi connectivity index (χ3v) is 3.74. The molecule has 24 heavy (non-hydrogen) atoms. The molecule has 6 nitrogen and oxygen atoms in total. The molecule has 0 radical (unpaired) electrons. The minimum Gasteiger partial charge on any atom is -0.367 e. The molecule has 1 N–H and O–H groups in total. The highest BCUT2D eigenvalue weighted by atomic mass is 35.5. The van der Waals surface area contributed by atoms with Crippen LogP contribution in [0.25, 0.3) is 0 Å². The lowest BCUT2D eigenvalue weighted by molar-refractivity contribution is -0.385. The van der Waals surface area contributed by atoms with Crippen molar-refractivity contribution in [1.82, 2.24) is 9.88 Å². The van der Waals surface area contributed by atoms with Gasteiger partial charge in [-0.05, 0) is 26.2 Å². The Morgan fingerprint density at radius 1 is 1.38 bits per heavy atom. The van der Waals surface area contributed by atoms with E-state index in [1.54, 1.807) is 19.0 Å². The molecule has 0 aliphatic heterocycles. The zero-order valence-corrected chi connectivity index (χ0v) is 13.7. The first kappa shape index (κ1) is 18.0. The van der Waals surface area contributed by atoms with E-state index in [1.807, 2.05) is 0 Å². The summed E-state index contributed by atoms with van der Waals surface area (Å²) >= 11 is 5.95. The van der Waals surface area contributed by atoms with E-state index in [4.69, 9.17) is 11.6 Å². The molecule has 128 valence electrons. The van der Waals surface area contributed by atoms with Gasteiger partial charge in [0.2, 0.25) is 0 Å². The number of hydrogen-bond donors (Lipinski definition) is 1. The smallest absolute Gasteiger partial charge is 0.289 e. The summed E-state index contributed by atoms with van der Waals surface area (Å²) in [5.74, 6) is -1.11. The second kappa shape index (κ2) is 7.50. The number of rotatable bonds is 6. The van der Waals surface area contributed by atoms with E-state index in [0.717, 1.165) is 12.3 Å². The van der Waals surface area contributed by atoms with Crippen LogP contribution in [0.5, 0.6) is 0 Å². The van der Waals surface area contributed by atoms with Gasteiger partial charge in [-0.3, -0.25) is 10.1 Å². The molecule has 1 atom stereocenters. The van der Waals surface area contributed by atoms with E-state index in [-0.39, 0.29) is 28.6 Å². The van der Waals surface area contributed by atoms with Gasteiger partial charge in [0.1, 0.15) is 23.6 Å². The number of anilines is 1. The van der Waals surface area contributed by atoms with E-state index in [1.165, 1.54) is 18.2 Å². The fraction of sp³-hybridized carbons (Fsp3) is 0.267. The fourth-order valence-corrected chi connectivity index (χ4v) is 2.45. The molecule has 0 aliphatic rings. The summed E-state index contributed by atoms with van der Waals surface area (Å²) in [7, 11) is 3.37. The van der Waals surface area contributed by atoms with Crippen LogP contribution in [0.3, 0.4) is 0 Å². The van der Waals surface area contributed by atoms with Gasteiger partial charge in [-0.15, -0.1) is 0 Å². The van der Waals surface area contributed by atoms with Crippen LogP contribution in [0.2, 0.25) is 5.02 Å². The Morgan fingerprint density at radius 2 is 2.00 bits per heavy atom. The lowest BCUT2D eigenvalue weighted by Gasteiger charge is -2.26. The number of pyridine rings is 1. The highest BCUT2D eigenvalue weighted by molar-refractivity contribution is 6.33. The predicted molar refractivity (Wildman–Crippen MR) is 87.2 cm³/mol. The molecule has 0 fully saturated rings. The Morgan fingerprint density at radius 3 is 2.50 bits per heavy atom.